The summed E-state index contributed by atoms with van der Waals surface area (Å²) in [4.78, 5) is 23.3. The molecule has 2 saturated carbocycles. The van der Waals surface area contributed by atoms with Crippen LogP contribution in [-0.4, -0.2) is 25.2 Å². The van der Waals surface area contributed by atoms with Crippen LogP contribution in [0.2, 0.25) is 0 Å². The summed E-state index contributed by atoms with van der Waals surface area (Å²) in [6.45, 7) is 0.887. The lowest BCUT2D eigenvalue weighted by atomic mass is 10.1. The van der Waals surface area contributed by atoms with Crippen molar-refractivity contribution in [1.82, 2.24) is 0 Å². The van der Waals surface area contributed by atoms with E-state index in [2.05, 4.69) is 0 Å². The first kappa shape index (κ1) is 23.2. The van der Waals surface area contributed by atoms with Gasteiger partial charge in [-0.1, -0.05) is 77.0 Å². The lowest BCUT2D eigenvalue weighted by molar-refractivity contribution is -0.146. The number of unbranched alkanes of at least 4 members (excludes halogenated alkanes) is 7. The fourth-order valence-corrected chi connectivity index (χ4v) is 3.65. The van der Waals surface area contributed by atoms with E-state index < -0.39 is 0 Å². The third kappa shape index (κ3) is 14.0. The minimum atomic E-state index is -0.0825. The number of ether oxygens (including phenoxy) is 2. The quantitative estimate of drug-likeness (QED) is 0.189. The van der Waals surface area contributed by atoms with Crippen molar-refractivity contribution in [2.45, 2.75) is 116 Å². The van der Waals surface area contributed by atoms with Crippen LogP contribution in [0.3, 0.4) is 0 Å². The molecule has 2 aliphatic carbocycles. The van der Waals surface area contributed by atoms with E-state index in [0.717, 1.165) is 50.4 Å². The van der Waals surface area contributed by atoms with Crippen LogP contribution in [-0.2, 0) is 19.1 Å². The number of rotatable bonds is 19. The summed E-state index contributed by atoms with van der Waals surface area (Å²) in [7, 11) is 0. The molecule has 0 unspecified atom stereocenters. The van der Waals surface area contributed by atoms with Gasteiger partial charge in [-0.05, 0) is 37.5 Å². The second-order valence-electron chi connectivity index (χ2n) is 8.94. The molecule has 0 bridgehead atoms. The van der Waals surface area contributed by atoms with Crippen molar-refractivity contribution in [2.75, 3.05) is 13.2 Å². The summed E-state index contributed by atoms with van der Waals surface area (Å²) in [6.07, 6.45) is 20.4. The molecule has 0 aromatic rings. The Labute approximate surface area is 172 Å². The predicted molar refractivity (Wildman–Crippen MR) is 112 cm³/mol. The Bertz CT molecular complexity index is 386. The number of hydrogen-bond donors (Lipinski definition) is 0. The fraction of sp³-hybridized carbons (Fsp3) is 0.917. The van der Waals surface area contributed by atoms with E-state index in [0.29, 0.717) is 26.1 Å². The van der Waals surface area contributed by atoms with Gasteiger partial charge in [-0.3, -0.25) is 9.59 Å². The van der Waals surface area contributed by atoms with Crippen molar-refractivity contribution >= 4 is 11.9 Å². The first-order valence-electron chi connectivity index (χ1n) is 12.1. The molecular formula is C24H42O4. The van der Waals surface area contributed by atoms with Gasteiger partial charge in [0.15, 0.2) is 0 Å². The van der Waals surface area contributed by atoms with Crippen molar-refractivity contribution in [2.24, 2.45) is 11.8 Å². The van der Waals surface area contributed by atoms with E-state index >= 15 is 0 Å². The Morgan fingerprint density at radius 1 is 0.536 bits per heavy atom. The highest BCUT2D eigenvalue weighted by Crippen LogP contribution is 2.34. The van der Waals surface area contributed by atoms with Gasteiger partial charge in [0.1, 0.15) is 0 Å². The van der Waals surface area contributed by atoms with Crippen molar-refractivity contribution in [3.8, 4) is 0 Å². The van der Waals surface area contributed by atoms with Gasteiger partial charge in [0, 0.05) is 12.8 Å². The molecule has 0 amide bonds. The molecule has 4 heteroatoms. The monoisotopic (exact) mass is 394 g/mol. The Morgan fingerprint density at radius 3 is 1.32 bits per heavy atom. The predicted octanol–water partition coefficient (Wildman–Crippen LogP) is 6.35. The summed E-state index contributed by atoms with van der Waals surface area (Å²) in [5.41, 5.74) is 0. The molecule has 4 nitrogen and oxygen atoms in total. The van der Waals surface area contributed by atoms with Gasteiger partial charge in [0.2, 0.25) is 0 Å². The summed E-state index contributed by atoms with van der Waals surface area (Å²) in [5.74, 6) is 1.87. The molecule has 2 rings (SSSR count). The summed E-state index contributed by atoms with van der Waals surface area (Å²) in [5, 5.41) is 0. The molecular weight excluding hydrogens is 352 g/mol. The lowest BCUT2D eigenvalue weighted by Crippen LogP contribution is -2.08. The minimum Gasteiger partial charge on any atom is -0.466 e. The van der Waals surface area contributed by atoms with Gasteiger partial charge in [-0.25, -0.2) is 0 Å². The highest BCUT2D eigenvalue weighted by molar-refractivity contribution is 5.69. The van der Waals surface area contributed by atoms with E-state index in [1.54, 1.807) is 0 Å². The Morgan fingerprint density at radius 2 is 0.929 bits per heavy atom. The van der Waals surface area contributed by atoms with Crippen molar-refractivity contribution in [3.63, 3.8) is 0 Å². The third-order valence-electron chi connectivity index (χ3n) is 5.95. The fourth-order valence-electron chi connectivity index (χ4n) is 3.65. The maximum absolute atomic E-state index is 11.7. The first-order chi connectivity index (χ1) is 13.7. The lowest BCUT2D eigenvalue weighted by Gasteiger charge is -2.06. The van der Waals surface area contributed by atoms with Crippen LogP contribution < -0.4 is 0 Å². The largest absolute Gasteiger partial charge is 0.466 e. The standard InChI is InChI=1S/C24H42O4/c25-23(13-7-3-1-5-11-21-15-16-21)27-19-9-10-20-28-24(26)14-8-4-2-6-12-22-17-18-22/h21-22H,1-20H2. The number of carbonyl (C=O) groups excluding carboxylic acids is 2. The topological polar surface area (TPSA) is 52.6 Å². The number of esters is 2. The minimum absolute atomic E-state index is 0.0825. The van der Waals surface area contributed by atoms with E-state index in [9.17, 15) is 9.59 Å². The third-order valence-corrected chi connectivity index (χ3v) is 5.95. The van der Waals surface area contributed by atoms with E-state index in [1.165, 1.54) is 64.2 Å². The van der Waals surface area contributed by atoms with Crippen molar-refractivity contribution in [1.29, 1.82) is 0 Å². The maximum atomic E-state index is 11.7. The average Bonchev–Trinajstić information content (AvgIpc) is 3.59. The van der Waals surface area contributed by atoms with Crippen LogP contribution in [0.5, 0.6) is 0 Å². The molecule has 0 aliphatic heterocycles. The molecule has 2 aliphatic rings. The van der Waals surface area contributed by atoms with Crippen LogP contribution in [0, 0.1) is 11.8 Å². The van der Waals surface area contributed by atoms with Crippen molar-refractivity contribution in [3.05, 3.63) is 0 Å². The maximum Gasteiger partial charge on any atom is 0.305 e. The molecule has 0 saturated heterocycles. The smallest absolute Gasteiger partial charge is 0.305 e. The SMILES string of the molecule is O=C(CCCCCCC1CC1)OCCCCOC(=O)CCCCCCC1CC1. The zero-order valence-corrected chi connectivity index (χ0v) is 17.9. The Hall–Kier alpha value is -1.06. The molecule has 0 heterocycles. The van der Waals surface area contributed by atoms with Gasteiger partial charge >= 0.3 is 11.9 Å². The molecule has 28 heavy (non-hydrogen) atoms. The number of hydrogen-bond acceptors (Lipinski definition) is 4. The average molecular weight is 395 g/mol. The summed E-state index contributed by atoms with van der Waals surface area (Å²) < 4.78 is 10.5. The van der Waals surface area contributed by atoms with Gasteiger partial charge in [-0.15, -0.1) is 0 Å². The van der Waals surface area contributed by atoms with Crippen LogP contribution in [0.1, 0.15) is 116 Å². The van der Waals surface area contributed by atoms with E-state index in [-0.39, 0.29) is 11.9 Å². The number of carbonyl (C=O) groups is 2. The molecule has 162 valence electrons. The summed E-state index contributed by atoms with van der Waals surface area (Å²) >= 11 is 0. The van der Waals surface area contributed by atoms with Gasteiger partial charge in [-0.2, -0.15) is 0 Å². The molecule has 0 spiro atoms. The highest BCUT2D eigenvalue weighted by atomic mass is 16.5. The molecule has 0 N–H and O–H groups in total. The van der Waals surface area contributed by atoms with Crippen LogP contribution >= 0.6 is 0 Å². The summed E-state index contributed by atoms with van der Waals surface area (Å²) in [6, 6.07) is 0. The van der Waals surface area contributed by atoms with E-state index in [4.69, 9.17) is 9.47 Å². The molecule has 0 aromatic heterocycles. The van der Waals surface area contributed by atoms with Crippen LogP contribution in [0.25, 0.3) is 0 Å². The molecule has 2 fully saturated rings. The van der Waals surface area contributed by atoms with E-state index in [1.807, 2.05) is 0 Å². The second-order valence-corrected chi connectivity index (χ2v) is 8.94. The molecule has 0 radical (unpaired) electrons. The highest BCUT2D eigenvalue weighted by Gasteiger charge is 2.20. The molecule has 0 atom stereocenters. The first-order valence-corrected chi connectivity index (χ1v) is 12.1. The Kier molecular flexibility index (Phi) is 12.3. The van der Waals surface area contributed by atoms with Crippen molar-refractivity contribution < 1.29 is 19.1 Å². The van der Waals surface area contributed by atoms with Gasteiger partial charge < -0.3 is 9.47 Å². The molecule has 0 aromatic carbocycles. The van der Waals surface area contributed by atoms with Gasteiger partial charge in [0.05, 0.1) is 13.2 Å². The normalized spacial score (nSPS) is 16.1. The Balaban J connectivity index is 1.25. The zero-order valence-electron chi connectivity index (χ0n) is 17.9. The van der Waals surface area contributed by atoms with Gasteiger partial charge in [0.25, 0.3) is 0 Å². The van der Waals surface area contributed by atoms with Crippen LogP contribution in [0.4, 0.5) is 0 Å². The second kappa shape index (κ2) is 14.9. The zero-order chi connectivity index (χ0) is 19.9. The van der Waals surface area contributed by atoms with Crippen LogP contribution in [0.15, 0.2) is 0 Å².